The molecule has 0 aromatic carbocycles. The molecule has 1 heterocycles. The van der Waals surface area contributed by atoms with E-state index in [1.165, 1.54) is 0 Å². The lowest BCUT2D eigenvalue weighted by molar-refractivity contribution is 0.0698. The minimum absolute atomic E-state index is 0.0782. The third kappa shape index (κ3) is 2.51. The van der Waals surface area contributed by atoms with E-state index in [0.29, 0.717) is 12.1 Å². The van der Waals surface area contributed by atoms with Gasteiger partial charge >= 0.3 is 5.97 Å². The van der Waals surface area contributed by atoms with Crippen LogP contribution >= 0.6 is 11.3 Å². The maximum Gasteiger partial charge on any atom is 0.347 e. The average Bonchev–Trinajstić information content (AvgIpc) is 2.63. The van der Waals surface area contributed by atoms with Gasteiger partial charge in [0.1, 0.15) is 9.77 Å². The molecule has 118 valence electrons. The summed E-state index contributed by atoms with van der Waals surface area (Å²) in [6.07, 6.45) is 0. The molecule has 1 aromatic heterocycles. The highest BCUT2D eigenvalue weighted by Crippen LogP contribution is 2.68. The second kappa shape index (κ2) is 4.79. The fraction of sp³-hybridized carbons (Fsp3) is 0.643. The van der Waals surface area contributed by atoms with Crippen molar-refractivity contribution in [1.82, 2.24) is 4.72 Å². The Morgan fingerprint density at radius 3 is 2.29 bits per heavy atom. The van der Waals surface area contributed by atoms with Crippen molar-refractivity contribution in [2.45, 2.75) is 39.5 Å². The zero-order valence-electron chi connectivity index (χ0n) is 12.9. The minimum Gasteiger partial charge on any atom is -0.477 e. The summed E-state index contributed by atoms with van der Waals surface area (Å²) in [6, 6.07) is 0. The van der Waals surface area contributed by atoms with Gasteiger partial charge in [0.25, 0.3) is 0 Å². The Hall–Kier alpha value is -0.920. The molecule has 0 atom stereocenters. The van der Waals surface area contributed by atoms with Crippen LogP contribution in [0.15, 0.2) is 10.3 Å². The topological polar surface area (TPSA) is 83.5 Å². The molecular weight excluding hydrogens is 310 g/mol. The number of thiophene rings is 1. The second-order valence-electron chi connectivity index (χ2n) is 6.73. The molecule has 7 heteroatoms. The lowest BCUT2D eigenvalue weighted by Gasteiger charge is -2.08. The minimum atomic E-state index is -3.80. The predicted molar refractivity (Wildman–Crippen MR) is 82.3 cm³/mol. The SMILES string of the molecule is Cc1csc(C(=O)O)c1S(=O)(=O)NCC1C(C)(C)C1(C)C. The van der Waals surface area contributed by atoms with E-state index in [1.807, 2.05) is 0 Å². The van der Waals surface area contributed by atoms with E-state index in [1.54, 1.807) is 12.3 Å². The zero-order chi connectivity index (χ0) is 16.2. The number of aryl methyl sites for hydroxylation is 1. The fourth-order valence-corrected chi connectivity index (χ4v) is 5.70. The van der Waals surface area contributed by atoms with Crippen molar-refractivity contribution in [3.63, 3.8) is 0 Å². The standard InChI is InChI=1S/C14H21NO4S2/c1-8-7-20-10(12(16)17)11(8)21(18,19)15-6-9-13(2,3)14(9,4)5/h7,9,15H,6H2,1-5H3,(H,16,17). The predicted octanol–water partition coefficient (Wildman–Crippen LogP) is 2.72. The summed E-state index contributed by atoms with van der Waals surface area (Å²) in [4.78, 5) is 10.9. The summed E-state index contributed by atoms with van der Waals surface area (Å²) in [5.41, 5.74) is 0.628. The number of nitrogens with one attached hydrogen (secondary N) is 1. The summed E-state index contributed by atoms with van der Waals surface area (Å²) in [7, 11) is -3.80. The van der Waals surface area contributed by atoms with Crippen LogP contribution in [0.4, 0.5) is 0 Å². The zero-order valence-corrected chi connectivity index (χ0v) is 14.5. The van der Waals surface area contributed by atoms with E-state index in [4.69, 9.17) is 5.11 Å². The number of carbonyl (C=O) groups is 1. The fourth-order valence-electron chi connectivity index (χ4n) is 3.02. The average molecular weight is 331 g/mol. The van der Waals surface area contributed by atoms with Gasteiger partial charge < -0.3 is 5.11 Å². The quantitative estimate of drug-likeness (QED) is 0.869. The molecule has 2 N–H and O–H groups in total. The normalized spacial score (nSPS) is 20.4. The molecule has 1 saturated carbocycles. The monoisotopic (exact) mass is 331 g/mol. The third-order valence-corrected chi connectivity index (χ3v) is 8.00. The first-order valence-corrected chi connectivity index (χ1v) is 9.10. The summed E-state index contributed by atoms with van der Waals surface area (Å²) < 4.78 is 27.4. The Morgan fingerprint density at radius 2 is 1.86 bits per heavy atom. The summed E-state index contributed by atoms with van der Waals surface area (Å²) in [6.45, 7) is 10.4. The molecule has 5 nitrogen and oxygen atoms in total. The molecule has 0 amide bonds. The molecule has 1 aromatic rings. The summed E-state index contributed by atoms with van der Waals surface area (Å²) in [5, 5.41) is 10.7. The Kier molecular flexibility index (Phi) is 3.75. The number of aromatic carboxylic acids is 1. The molecule has 21 heavy (non-hydrogen) atoms. The molecule has 1 aliphatic rings. The van der Waals surface area contributed by atoms with E-state index in [9.17, 15) is 13.2 Å². The van der Waals surface area contributed by atoms with Crippen LogP contribution in [-0.2, 0) is 10.0 Å². The van der Waals surface area contributed by atoms with Crippen LogP contribution in [0, 0.1) is 23.7 Å². The van der Waals surface area contributed by atoms with Crippen LogP contribution in [-0.4, -0.2) is 26.0 Å². The largest absolute Gasteiger partial charge is 0.477 e. The third-order valence-electron chi connectivity index (χ3n) is 5.18. The lowest BCUT2D eigenvalue weighted by atomic mass is 10.0. The first-order chi connectivity index (χ1) is 9.43. The molecule has 0 aliphatic heterocycles. The van der Waals surface area contributed by atoms with Gasteiger partial charge in [-0.25, -0.2) is 17.9 Å². The Labute approximate surface area is 129 Å². The van der Waals surface area contributed by atoms with Crippen LogP contribution < -0.4 is 4.72 Å². The van der Waals surface area contributed by atoms with E-state index in [2.05, 4.69) is 32.4 Å². The van der Waals surface area contributed by atoms with E-state index in [0.717, 1.165) is 11.3 Å². The number of carboxylic acid groups (broad SMARTS) is 1. The smallest absolute Gasteiger partial charge is 0.347 e. The van der Waals surface area contributed by atoms with Crippen molar-refractivity contribution in [3.05, 3.63) is 15.8 Å². The molecular formula is C14H21NO4S2. The first kappa shape index (κ1) is 16.5. The van der Waals surface area contributed by atoms with Gasteiger partial charge in [0.05, 0.1) is 0 Å². The highest BCUT2D eigenvalue weighted by atomic mass is 32.2. The number of sulfonamides is 1. The first-order valence-electron chi connectivity index (χ1n) is 6.74. The Balaban J connectivity index is 2.22. The van der Waals surface area contributed by atoms with E-state index < -0.39 is 16.0 Å². The Bertz CT molecular complexity index is 672. The van der Waals surface area contributed by atoms with Gasteiger partial charge in [0, 0.05) is 6.54 Å². The van der Waals surface area contributed by atoms with Crippen LogP contribution in [0.2, 0.25) is 0 Å². The van der Waals surface area contributed by atoms with Crippen molar-refractivity contribution in [2.24, 2.45) is 16.7 Å². The molecule has 0 bridgehead atoms. The van der Waals surface area contributed by atoms with Crippen LogP contribution in [0.3, 0.4) is 0 Å². The molecule has 0 saturated heterocycles. The molecule has 0 spiro atoms. The van der Waals surface area contributed by atoms with Crippen molar-refractivity contribution < 1.29 is 18.3 Å². The molecule has 2 rings (SSSR count). The number of rotatable bonds is 5. The lowest BCUT2D eigenvalue weighted by Crippen LogP contribution is -2.28. The van der Waals surface area contributed by atoms with Gasteiger partial charge in [0.2, 0.25) is 10.0 Å². The summed E-state index contributed by atoms with van der Waals surface area (Å²) >= 11 is 0.942. The van der Waals surface area contributed by atoms with Gasteiger partial charge in [-0.05, 0) is 34.6 Å². The van der Waals surface area contributed by atoms with Crippen LogP contribution in [0.1, 0.15) is 42.9 Å². The van der Waals surface area contributed by atoms with E-state index in [-0.39, 0.29) is 26.5 Å². The van der Waals surface area contributed by atoms with Crippen molar-refractivity contribution in [1.29, 1.82) is 0 Å². The van der Waals surface area contributed by atoms with Crippen LogP contribution in [0.5, 0.6) is 0 Å². The second-order valence-corrected chi connectivity index (χ2v) is 9.31. The Morgan fingerprint density at radius 1 is 1.33 bits per heavy atom. The highest BCUT2D eigenvalue weighted by molar-refractivity contribution is 7.89. The highest BCUT2D eigenvalue weighted by Gasteiger charge is 2.64. The number of hydrogen-bond acceptors (Lipinski definition) is 4. The van der Waals surface area contributed by atoms with Gasteiger partial charge in [-0.15, -0.1) is 11.3 Å². The maximum absolute atomic E-state index is 12.4. The van der Waals surface area contributed by atoms with Crippen molar-refractivity contribution in [3.8, 4) is 0 Å². The van der Waals surface area contributed by atoms with Crippen molar-refractivity contribution in [2.75, 3.05) is 6.54 Å². The molecule has 1 aliphatic carbocycles. The molecule has 0 radical (unpaired) electrons. The van der Waals surface area contributed by atoms with Gasteiger partial charge in [0.15, 0.2) is 0 Å². The molecule has 0 unspecified atom stereocenters. The maximum atomic E-state index is 12.4. The van der Waals surface area contributed by atoms with E-state index >= 15 is 0 Å². The van der Waals surface area contributed by atoms with Crippen molar-refractivity contribution >= 4 is 27.3 Å². The van der Waals surface area contributed by atoms with Crippen LogP contribution in [0.25, 0.3) is 0 Å². The van der Waals surface area contributed by atoms with Gasteiger partial charge in [-0.2, -0.15) is 0 Å². The number of hydrogen-bond donors (Lipinski definition) is 2. The number of carboxylic acids is 1. The van der Waals surface area contributed by atoms with Gasteiger partial charge in [-0.3, -0.25) is 0 Å². The molecule has 1 fully saturated rings. The van der Waals surface area contributed by atoms with Gasteiger partial charge in [-0.1, -0.05) is 27.7 Å². The summed E-state index contributed by atoms with van der Waals surface area (Å²) in [5.74, 6) is -0.965.